The van der Waals surface area contributed by atoms with E-state index in [9.17, 15) is 18.0 Å². The van der Waals surface area contributed by atoms with E-state index >= 15 is 0 Å². The van der Waals surface area contributed by atoms with E-state index in [4.69, 9.17) is 9.47 Å². The van der Waals surface area contributed by atoms with Crippen molar-refractivity contribution in [2.45, 2.75) is 49.2 Å². The van der Waals surface area contributed by atoms with Crippen LogP contribution in [0.2, 0.25) is 0 Å². The number of rotatable bonds is 5. The number of likely N-dealkylation sites (tertiary alicyclic amines) is 1. The van der Waals surface area contributed by atoms with Crippen molar-refractivity contribution < 1.29 is 27.5 Å². The number of methoxy groups -OCH3 is 1. The molecule has 5 atom stereocenters. The fourth-order valence-electron chi connectivity index (χ4n) is 6.56. The van der Waals surface area contributed by atoms with Crippen LogP contribution in [0.1, 0.15) is 36.9 Å². The molecule has 2 aromatic rings. The van der Waals surface area contributed by atoms with Crippen molar-refractivity contribution >= 4 is 22.1 Å². The Morgan fingerprint density at radius 1 is 1.09 bits per heavy atom. The van der Waals surface area contributed by atoms with Crippen molar-refractivity contribution in [2.24, 2.45) is 11.8 Å². The van der Waals surface area contributed by atoms with Crippen molar-refractivity contribution in [3.8, 4) is 0 Å². The Hall–Kier alpha value is -2.91. The van der Waals surface area contributed by atoms with Gasteiger partial charge in [-0.1, -0.05) is 48.0 Å². The van der Waals surface area contributed by atoms with Crippen LogP contribution in [-0.2, 0) is 24.3 Å². The molecule has 0 unspecified atom stereocenters. The van der Waals surface area contributed by atoms with Gasteiger partial charge < -0.3 is 9.47 Å². The van der Waals surface area contributed by atoms with E-state index in [0.29, 0.717) is 19.4 Å². The largest absolute Gasteiger partial charge is 0.467 e. The highest BCUT2D eigenvalue weighted by molar-refractivity contribution is 7.89. The molecule has 3 aliphatic rings. The van der Waals surface area contributed by atoms with Gasteiger partial charge in [0.15, 0.2) is 0 Å². The standard InChI is InChI=1S/C26H30N2O6S/c1-4-34-25(30)28-22(18-8-6-5-7-9-18)23-21-19(14-15-26(21,28)24(29)33-3)16-27(23)35(31,32)20-12-10-17(2)11-13-20/h5-13,19,21-23H,4,14-16H2,1-3H3/t19-,21-,22-,23+,26-/m0/s1. The van der Waals surface area contributed by atoms with Crippen LogP contribution in [-0.4, -0.2) is 61.5 Å². The first kappa shape index (κ1) is 23.8. The van der Waals surface area contributed by atoms with Crippen LogP contribution < -0.4 is 0 Å². The molecule has 2 aromatic carbocycles. The topological polar surface area (TPSA) is 93.2 Å². The van der Waals surface area contributed by atoms with E-state index in [1.54, 1.807) is 31.2 Å². The van der Waals surface area contributed by atoms with Crippen LogP contribution in [0.5, 0.6) is 0 Å². The first-order valence-electron chi connectivity index (χ1n) is 11.9. The van der Waals surface area contributed by atoms with E-state index in [1.165, 1.54) is 16.3 Å². The van der Waals surface area contributed by atoms with Crippen LogP contribution in [0, 0.1) is 18.8 Å². The molecule has 1 amide bonds. The summed E-state index contributed by atoms with van der Waals surface area (Å²) in [5, 5.41) is 0. The number of sulfonamides is 1. The lowest BCUT2D eigenvalue weighted by atomic mass is 9.83. The summed E-state index contributed by atoms with van der Waals surface area (Å²) in [6, 6.07) is 14.8. The predicted molar refractivity (Wildman–Crippen MR) is 128 cm³/mol. The lowest BCUT2D eigenvalue weighted by Gasteiger charge is -2.38. The zero-order valence-corrected chi connectivity index (χ0v) is 20.9. The van der Waals surface area contributed by atoms with Crippen molar-refractivity contribution in [3.63, 3.8) is 0 Å². The molecule has 35 heavy (non-hydrogen) atoms. The van der Waals surface area contributed by atoms with Crippen LogP contribution in [0.3, 0.4) is 0 Å². The fourth-order valence-corrected chi connectivity index (χ4v) is 8.26. The number of ether oxygens (including phenoxy) is 2. The van der Waals surface area contributed by atoms with Gasteiger partial charge in [0.25, 0.3) is 0 Å². The molecule has 0 N–H and O–H groups in total. The minimum absolute atomic E-state index is 0.0787. The number of aryl methyl sites for hydroxylation is 1. The van der Waals surface area contributed by atoms with Crippen LogP contribution in [0.4, 0.5) is 4.79 Å². The molecule has 1 saturated carbocycles. The number of hydrogen-bond donors (Lipinski definition) is 0. The van der Waals surface area contributed by atoms with Crippen molar-refractivity contribution in [1.82, 2.24) is 9.21 Å². The molecule has 1 aliphatic carbocycles. The highest BCUT2D eigenvalue weighted by Gasteiger charge is 2.75. The molecule has 0 radical (unpaired) electrons. The normalized spacial score (nSPS) is 29.7. The summed E-state index contributed by atoms with van der Waals surface area (Å²) in [6.07, 6.45) is 0.397. The van der Waals surface area contributed by atoms with Gasteiger partial charge in [0.05, 0.1) is 30.7 Å². The fraction of sp³-hybridized carbons (Fsp3) is 0.462. The molecular formula is C26H30N2O6S. The number of nitrogens with zero attached hydrogens (tertiary/aromatic N) is 2. The summed E-state index contributed by atoms with van der Waals surface area (Å²) < 4.78 is 40.2. The van der Waals surface area contributed by atoms with Gasteiger partial charge in [-0.05, 0) is 50.3 Å². The zero-order chi connectivity index (χ0) is 25.0. The van der Waals surface area contributed by atoms with Gasteiger partial charge in [-0.15, -0.1) is 0 Å². The molecule has 0 bridgehead atoms. The maximum absolute atomic E-state index is 14.0. The van der Waals surface area contributed by atoms with E-state index in [1.807, 2.05) is 37.3 Å². The SMILES string of the molecule is CCOC(=O)N1[C@@H](c2ccccc2)[C@H]2[C@@H]3[C@@H](CC[C@@]31C(=O)OC)CN2S(=O)(=O)c1ccc(C)cc1. The van der Waals surface area contributed by atoms with Crippen LogP contribution >= 0.6 is 0 Å². The number of esters is 1. The molecule has 2 saturated heterocycles. The van der Waals surface area contributed by atoms with E-state index in [0.717, 1.165) is 11.1 Å². The van der Waals surface area contributed by atoms with Gasteiger partial charge in [0, 0.05) is 12.5 Å². The Morgan fingerprint density at radius 2 is 1.77 bits per heavy atom. The van der Waals surface area contributed by atoms with Gasteiger partial charge in [0.2, 0.25) is 10.0 Å². The minimum Gasteiger partial charge on any atom is -0.467 e. The summed E-state index contributed by atoms with van der Waals surface area (Å²) in [6.45, 7) is 4.05. The average Bonchev–Trinajstić information content (AvgIpc) is 3.51. The molecule has 0 aromatic heterocycles. The van der Waals surface area contributed by atoms with Crippen molar-refractivity contribution in [2.75, 3.05) is 20.3 Å². The maximum atomic E-state index is 14.0. The van der Waals surface area contributed by atoms with E-state index in [-0.39, 0.29) is 17.4 Å². The molecule has 2 aliphatic heterocycles. The number of carbonyl (C=O) groups is 2. The Bertz CT molecular complexity index is 1230. The maximum Gasteiger partial charge on any atom is 0.411 e. The van der Waals surface area contributed by atoms with Crippen LogP contribution in [0.15, 0.2) is 59.5 Å². The highest BCUT2D eigenvalue weighted by Crippen LogP contribution is 2.63. The third kappa shape index (κ3) is 3.39. The Labute approximate surface area is 205 Å². The number of hydrogen-bond acceptors (Lipinski definition) is 6. The summed E-state index contributed by atoms with van der Waals surface area (Å²) in [7, 11) is -2.58. The number of benzene rings is 2. The lowest BCUT2D eigenvalue weighted by Crippen LogP contribution is -2.56. The summed E-state index contributed by atoms with van der Waals surface area (Å²) in [5.41, 5.74) is 0.436. The summed E-state index contributed by atoms with van der Waals surface area (Å²) in [4.78, 5) is 28.6. The van der Waals surface area contributed by atoms with Crippen molar-refractivity contribution in [3.05, 3.63) is 65.7 Å². The molecule has 5 rings (SSSR count). The third-order valence-electron chi connectivity index (χ3n) is 7.87. The smallest absolute Gasteiger partial charge is 0.411 e. The van der Waals surface area contributed by atoms with Gasteiger partial charge in [-0.3, -0.25) is 4.90 Å². The Morgan fingerprint density at radius 3 is 2.40 bits per heavy atom. The second kappa shape index (κ2) is 8.64. The molecule has 0 spiro atoms. The monoisotopic (exact) mass is 498 g/mol. The molecule has 186 valence electrons. The second-order valence-corrected chi connectivity index (χ2v) is 11.4. The first-order valence-corrected chi connectivity index (χ1v) is 13.4. The molecule has 8 nitrogen and oxygen atoms in total. The molecule has 2 heterocycles. The zero-order valence-electron chi connectivity index (χ0n) is 20.1. The van der Waals surface area contributed by atoms with E-state index in [2.05, 4.69) is 0 Å². The third-order valence-corrected chi connectivity index (χ3v) is 9.75. The van der Waals surface area contributed by atoms with Crippen LogP contribution in [0.25, 0.3) is 0 Å². The highest BCUT2D eigenvalue weighted by atomic mass is 32.2. The van der Waals surface area contributed by atoms with Gasteiger partial charge in [-0.25, -0.2) is 18.0 Å². The Kier molecular flexibility index (Phi) is 5.88. The number of amides is 1. The summed E-state index contributed by atoms with van der Waals surface area (Å²) in [5.74, 6) is -0.995. The average molecular weight is 499 g/mol. The quantitative estimate of drug-likeness (QED) is 0.586. The first-order chi connectivity index (χ1) is 16.8. The Balaban J connectivity index is 1.71. The second-order valence-electron chi connectivity index (χ2n) is 9.54. The van der Waals surface area contributed by atoms with Gasteiger partial charge in [-0.2, -0.15) is 4.31 Å². The van der Waals surface area contributed by atoms with Crippen molar-refractivity contribution in [1.29, 1.82) is 0 Å². The predicted octanol–water partition coefficient (Wildman–Crippen LogP) is 3.52. The molecular weight excluding hydrogens is 468 g/mol. The minimum atomic E-state index is -3.89. The lowest BCUT2D eigenvalue weighted by molar-refractivity contribution is -0.155. The molecule has 3 fully saturated rings. The summed E-state index contributed by atoms with van der Waals surface area (Å²) >= 11 is 0. The van der Waals surface area contributed by atoms with Gasteiger partial charge >= 0.3 is 12.1 Å². The van der Waals surface area contributed by atoms with Gasteiger partial charge in [0.1, 0.15) is 5.54 Å². The number of carbonyl (C=O) groups excluding carboxylic acids is 2. The molecule has 9 heteroatoms. The van der Waals surface area contributed by atoms with E-state index < -0.39 is 45.6 Å².